The van der Waals surface area contributed by atoms with Gasteiger partial charge in [0.05, 0.1) is 12.7 Å². The monoisotopic (exact) mass is 250 g/mol. The van der Waals surface area contributed by atoms with E-state index in [1.807, 2.05) is 0 Å². The van der Waals surface area contributed by atoms with Crippen LogP contribution in [0.3, 0.4) is 0 Å². The molecule has 0 spiro atoms. The lowest BCUT2D eigenvalue weighted by molar-refractivity contribution is -0.0206. The first-order valence-corrected chi connectivity index (χ1v) is 5.81. The second kappa shape index (κ2) is 4.11. The number of nitrogen functional groups attached to an aromatic ring is 1. The topological polar surface area (TPSA) is 94.8 Å². The van der Waals surface area contributed by atoms with Gasteiger partial charge in [-0.2, -0.15) is 4.98 Å². The van der Waals surface area contributed by atoms with Crippen LogP contribution in [0.2, 0.25) is 0 Å². The average Bonchev–Trinajstić information content (AvgIpc) is 2.93. The highest BCUT2D eigenvalue weighted by Gasteiger charge is 2.27. The van der Waals surface area contributed by atoms with E-state index in [4.69, 9.17) is 15.6 Å². The van der Waals surface area contributed by atoms with Gasteiger partial charge in [0.15, 0.2) is 0 Å². The maximum atomic E-state index is 11.7. The number of aliphatic hydroxyl groups is 1. The lowest BCUT2D eigenvalue weighted by Crippen LogP contribution is -2.18. The van der Waals surface area contributed by atoms with Crippen LogP contribution in [0.25, 0.3) is 5.78 Å². The molecule has 1 aliphatic heterocycles. The lowest BCUT2D eigenvalue weighted by Gasteiger charge is -2.14. The van der Waals surface area contributed by atoms with Gasteiger partial charge in [-0.25, -0.2) is 0 Å². The zero-order chi connectivity index (χ0) is 12.7. The fourth-order valence-electron chi connectivity index (χ4n) is 2.27. The van der Waals surface area contributed by atoms with Crippen LogP contribution in [0.1, 0.15) is 19.1 Å². The largest absolute Gasteiger partial charge is 0.394 e. The number of nitrogens with zero attached hydrogens (tertiary/aromatic N) is 3. The third kappa shape index (κ3) is 1.68. The number of imidazole rings is 1. The molecule has 0 unspecified atom stereocenters. The Balaban J connectivity index is 2.05. The van der Waals surface area contributed by atoms with E-state index in [1.165, 1.54) is 10.5 Å². The Kier molecular flexibility index (Phi) is 2.57. The highest BCUT2D eigenvalue weighted by atomic mass is 16.5. The van der Waals surface area contributed by atoms with Crippen LogP contribution in [0, 0.1) is 0 Å². The van der Waals surface area contributed by atoms with Gasteiger partial charge in [-0.05, 0) is 12.8 Å². The van der Waals surface area contributed by atoms with E-state index in [0.717, 1.165) is 12.8 Å². The molecule has 2 aromatic heterocycles. The molecular formula is C11H14N4O3. The summed E-state index contributed by atoms with van der Waals surface area (Å²) >= 11 is 0. The molecule has 1 aliphatic rings. The number of aromatic nitrogens is 3. The van der Waals surface area contributed by atoms with Crippen LogP contribution in [0.15, 0.2) is 23.3 Å². The minimum absolute atomic E-state index is 0.00518. The molecule has 3 heterocycles. The summed E-state index contributed by atoms with van der Waals surface area (Å²) in [5.74, 6) is 0.653. The number of rotatable bonds is 2. The fourth-order valence-corrected chi connectivity index (χ4v) is 2.27. The number of nitrogens with two attached hydrogens (primary N) is 1. The summed E-state index contributed by atoms with van der Waals surface area (Å²) in [5.41, 5.74) is 5.37. The molecule has 0 bridgehead atoms. The third-order valence-corrected chi connectivity index (χ3v) is 3.16. The minimum Gasteiger partial charge on any atom is -0.394 e. The Bertz CT molecular complexity index is 633. The summed E-state index contributed by atoms with van der Waals surface area (Å²) in [6.45, 7) is 0.00518. The van der Waals surface area contributed by atoms with E-state index >= 15 is 0 Å². The van der Waals surface area contributed by atoms with Gasteiger partial charge in [0, 0.05) is 18.5 Å². The number of hydrogen-bond donors (Lipinski definition) is 2. The van der Waals surface area contributed by atoms with Crippen molar-refractivity contribution in [1.82, 2.24) is 14.0 Å². The molecule has 96 valence electrons. The first-order chi connectivity index (χ1) is 8.69. The quantitative estimate of drug-likeness (QED) is 0.766. The van der Waals surface area contributed by atoms with Crippen LogP contribution in [0.4, 0.5) is 5.82 Å². The summed E-state index contributed by atoms with van der Waals surface area (Å²) in [5, 5.41) is 9.06. The smallest absolute Gasteiger partial charge is 0.261 e. The molecule has 0 radical (unpaired) electrons. The standard InChI is InChI=1S/C11H14N4O3/c12-8-5-9(17)14-3-4-15(11(14)13-8)10-2-1-7(6-16)18-10/h3-5,7,10,16H,1-2,6,12H2/t7-,10-/m0/s1. The molecule has 0 saturated carbocycles. The Labute approximate surface area is 102 Å². The van der Waals surface area contributed by atoms with Crippen molar-refractivity contribution in [1.29, 1.82) is 0 Å². The van der Waals surface area contributed by atoms with Crippen molar-refractivity contribution in [2.75, 3.05) is 12.3 Å². The molecule has 7 heteroatoms. The molecule has 0 amide bonds. The highest BCUT2D eigenvalue weighted by Crippen LogP contribution is 2.28. The van der Waals surface area contributed by atoms with Crippen LogP contribution >= 0.6 is 0 Å². The molecule has 1 saturated heterocycles. The summed E-state index contributed by atoms with van der Waals surface area (Å²) in [6.07, 6.45) is 4.59. The van der Waals surface area contributed by atoms with E-state index in [0.29, 0.717) is 5.78 Å². The fraction of sp³-hybridized carbons (Fsp3) is 0.455. The minimum atomic E-state index is -0.215. The lowest BCUT2D eigenvalue weighted by atomic mass is 10.2. The van der Waals surface area contributed by atoms with Crippen LogP contribution in [-0.2, 0) is 4.74 Å². The van der Waals surface area contributed by atoms with Gasteiger partial charge in [-0.1, -0.05) is 0 Å². The third-order valence-electron chi connectivity index (χ3n) is 3.16. The predicted octanol–water partition coefficient (Wildman–Crippen LogP) is -0.252. The number of anilines is 1. The molecule has 2 atom stereocenters. The second-order valence-electron chi connectivity index (χ2n) is 4.37. The summed E-state index contributed by atoms with van der Waals surface area (Å²) in [6, 6.07) is 1.28. The molecule has 0 aromatic carbocycles. The first-order valence-electron chi connectivity index (χ1n) is 5.81. The molecule has 3 N–H and O–H groups in total. The Morgan fingerprint density at radius 3 is 3.06 bits per heavy atom. The Morgan fingerprint density at radius 1 is 1.50 bits per heavy atom. The van der Waals surface area contributed by atoms with Crippen molar-refractivity contribution in [3.63, 3.8) is 0 Å². The highest BCUT2D eigenvalue weighted by molar-refractivity contribution is 5.39. The number of hydrogen-bond acceptors (Lipinski definition) is 5. The summed E-state index contributed by atoms with van der Waals surface area (Å²) in [4.78, 5) is 15.9. The van der Waals surface area contributed by atoms with Gasteiger partial charge in [-0.3, -0.25) is 13.8 Å². The van der Waals surface area contributed by atoms with Crippen molar-refractivity contribution in [3.8, 4) is 0 Å². The van der Waals surface area contributed by atoms with Crippen molar-refractivity contribution in [2.24, 2.45) is 0 Å². The average molecular weight is 250 g/mol. The predicted molar refractivity (Wildman–Crippen MR) is 64.1 cm³/mol. The molecule has 7 nitrogen and oxygen atoms in total. The summed E-state index contributed by atoms with van der Waals surface area (Å²) in [7, 11) is 0. The van der Waals surface area contributed by atoms with E-state index in [-0.39, 0.29) is 30.3 Å². The molecule has 0 aliphatic carbocycles. The number of aliphatic hydroxyl groups excluding tert-OH is 1. The normalized spacial score (nSPS) is 23.8. The van der Waals surface area contributed by atoms with E-state index < -0.39 is 0 Å². The zero-order valence-electron chi connectivity index (χ0n) is 9.69. The first kappa shape index (κ1) is 11.2. The zero-order valence-corrected chi connectivity index (χ0v) is 9.69. The maximum Gasteiger partial charge on any atom is 0.261 e. The second-order valence-corrected chi connectivity index (χ2v) is 4.37. The molecular weight excluding hydrogens is 236 g/mol. The number of ether oxygens (including phenoxy) is 1. The van der Waals surface area contributed by atoms with Gasteiger partial charge < -0.3 is 15.6 Å². The van der Waals surface area contributed by atoms with Gasteiger partial charge in [0.25, 0.3) is 5.56 Å². The van der Waals surface area contributed by atoms with E-state index in [1.54, 1.807) is 17.0 Å². The van der Waals surface area contributed by atoms with Crippen molar-refractivity contribution in [2.45, 2.75) is 25.2 Å². The number of fused-ring (bicyclic) bond motifs is 1. The molecule has 2 aromatic rings. The Hall–Kier alpha value is -1.86. The van der Waals surface area contributed by atoms with Crippen LogP contribution in [0.5, 0.6) is 0 Å². The van der Waals surface area contributed by atoms with Crippen molar-refractivity contribution in [3.05, 3.63) is 28.8 Å². The van der Waals surface area contributed by atoms with Gasteiger partial charge >= 0.3 is 0 Å². The van der Waals surface area contributed by atoms with Gasteiger partial charge in [0.2, 0.25) is 5.78 Å². The van der Waals surface area contributed by atoms with Gasteiger partial charge in [-0.15, -0.1) is 0 Å². The molecule has 18 heavy (non-hydrogen) atoms. The molecule has 1 fully saturated rings. The Morgan fingerprint density at radius 2 is 2.33 bits per heavy atom. The van der Waals surface area contributed by atoms with E-state index in [9.17, 15) is 4.79 Å². The van der Waals surface area contributed by atoms with Crippen LogP contribution in [-0.4, -0.2) is 31.8 Å². The van der Waals surface area contributed by atoms with Gasteiger partial charge in [0.1, 0.15) is 12.0 Å². The SMILES string of the molecule is Nc1cc(=O)n2ccn([C@@H]3CC[C@@H](CO)O3)c2n1. The molecule has 3 rings (SSSR count). The maximum absolute atomic E-state index is 11.7. The summed E-state index contributed by atoms with van der Waals surface area (Å²) < 4.78 is 8.85. The van der Waals surface area contributed by atoms with Crippen molar-refractivity contribution < 1.29 is 9.84 Å². The van der Waals surface area contributed by atoms with Crippen molar-refractivity contribution >= 4 is 11.6 Å². The van der Waals surface area contributed by atoms with E-state index in [2.05, 4.69) is 4.98 Å². The van der Waals surface area contributed by atoms with Crippen LogP contribution < -0.4 is 11.3 Å².